The average molecular weight is 513 g/mol. The third-order valence-electron chi connectivity index (χ3n) is 15.2. The van der Waals surface area contributed by atoms with Gasteiger partial charge in [0.25, 0.3) is 0 Å². The third kappa shape index (κ3) is 2.91. The molecule has 5 aliphatic carbocycles. The second-order valence-electron chi connectivity index (χ2n) is 16.1. The Morgan fingerprint density at radius 2 is 1.62 bits per heavy atom. The van der Waals surface area contributed by atoms with E-state index in [9.17, 15) is 10.4 Å². The van der Waals surface area contributed by atoms with E-state index in [0.717, 1.165) is 42.7 Å². The molecule has 2 N–H and O–H groups in total. The van der Waals surface area contributed by atoms with Crippen LogP contribution in [0.4, 0.5) is 0 Å². The van der Waals surface area contributed by atoms with E-state index in [1.165, 1.54) is 44.9 Å². The van der Waals surface area contributed by atoms with Gasteiger partial charge in [0, 0.05) is 11.3 Å². The zero-order valence-corrected chi connectivity index (χ0v) is 24.7. The summed E-state index contributed by atoms with van der Waals surface area (Å²) in [6.07, 6.45) is 11.0. The van der Waals surface area contributed by atoms with E-state index in [-0.39, 0.29) is 22.3 Å². The Labute approximate surface area is 224 Å². The van der Waals surface area contributed by atoms with Gasteiger partial charge in [-0.25, -0.2) is 0 Å². The summed E-state index contributed by atoms with van der Waals surface area (Å²) in [5.74, 6) is 3.42. The molecule has 2 heterocycles. The van der Waals surface area contributed by atoms with Crippen LogP contribution in [0.1, 0.15) is 113 Å². The molecule has 1 spiro atoms. The first-order valence-corrected chi connectivity index (χ1v) is 15.3. The highest BCUT2D eigenvalue weighted by molar-refractivity contribution is 5.90. The van der Waals surface area contributed by atoms with Crippen molar-refractivity contribution in [1.29, 1.82) is 0 Å². The number of fused-ring (bicyclic) bond motifs is 7. The number of nitrogens with zero attached hydrogens (tertiary/aromatic N) is 2. The minimum atomic E-state index is -0.240. The predicted octanol–water partition coefficient (Wildman–Crippen LogP) is 7.78. The molecule has 2 saturated heterocycles. The van der Waals surface area contributed by atoms with E-state index in [1.807, 2.05) is 6.92 Å². The summed E-state index contributed by atoms with van der Waals surface area (Å²) < 4.78 is 6.72. The third-order valence-corrected chi connectivity index (χ3v) is 15.2. The van der Waals surface area contributed by atoms with Gasteiger partial charge in [-0.2, -0.15) is 0 Å². The van der Waals surface area contributed by atoms with E-state index < -0.39 is 0 Å². The van der Waals surface area contributed by atoms with Gasteiger partial charge in [0.2, 0.25) is 0 Å². The van der Waals surface area contributed by atoms with Gasteiger partial charge in [0.05, 0.1) is 23.6 Å². The highest BCUT2D eigenvalue weighted by atomic mass is 16.5. The van der Waals surface area contributed by atoms with Crippen molar-refractivity contribution in [3.63, 3.8) is 0 Å². The van der Waals surface area contributed by atoms with Crippen LogP contribution in [0, 0.1) is 62.6 Å². The zero-order chi connectivity index (χ0) is 26.8. The molecule has 0 amide bonds. The van der Waals surface area contributed by atoms with Gasteiger partial charge in [-0.3, -0.25) is 0 Å². The van der Waals surface area contributed by atoms with Crippen LogP contribution in [-0.4, -0.2) is 34.0 Å². The van der Waals surface area contributed by atoms with Crippen LogP contribution in [-0.2, 0) is 4.74 Å². The Morgan fingerprint density at radius 1 is 0.892 bits per heavy atom. The predicted molar refractivity (Wildman–Crippen MR) is 147 cm³/mol. The molecule has 5 saturated carbocycles. The molecule has 7 rings (SSSR count). The number of rotatable bonds is 1. The summed E-state index contributed by atoms with van der Waals surface area (Å²) in [5.41, 5.74) is 2.82. The first-order chi connectivity index (χ1) is 17.2. The van der Waals surface area contributed by atoms with Crippen molar-refractivity contribution in [3.05, 3.63) is 0 Å². The minimum absolute atomic E-state index is 0.0262. The molecule has 5 heteroatoms. The van der Waals surface area contributed by atoms with Crippen molar-refractivity contribution in [3.8, 4) is 0 Å². The quantitative estimate of drug-likeness (QED) is 0.214. The Morgan fingerprint density at radius 3 is 2.30 bits per heavy atom. The lowest BCUT2D eigenvalue weighted by atomic mass is 9.30. The van der Waals surface area contributed by atoms with E-state index in [4.69, 9.17) is 4.74 Å². The van der Waals surface area contributed by atoms with Crippen LogP contribution in [0.5, 0.6) is 0 Å². The summed E-state index contributed by atoms with van der Waals surface area (Å²) in [4.78, 5) is 0. The van der Waals surface area contributed by atoms with Gasteiger partial charge >= 0.3 is 0 Å². The highest BCUT2D eigenvalue weighted by Gasteiger charge is 2.73. The van der Waals surface area contributed by atoms with Crippen molar-refractivity contribution < 1.29 is 15.2 Å². The molecule has 0 aromatic rings. The molecule has 7 fully saturated rings. The summed E-state index contributed by atoms with van der Waals surface area (Å²) >= 11 is 0. The van der Waals surface area contributed by atoms with Crippen molar-refractivity contribution in [1.82, 2.24) is 0 Å². The molecule has 0 radical (unpaired) electrons. The van der Waals surface area contributed by atoms with E-state index >= 15 is 0 Å². The molecule has 2 bridgehead atoms. The largest absolute Gasteiger partial charge is 0.411 e. The lowest BCUT2D eigenvalue weighted by Crippen LogP contribution is -2.73. The lowest BCUT2D eigenvalue weighted by Gasteiger charge is -2.76. The highest BCUT2D eigenvalue weighted by Crippen LogP contribution is 2.78. The molecule has 5 nitrogen and oxygen atoms in total. The summed E-state index contributed by atoms with van der Waals surface area (Å²) in [6, 6.07) is 0. The fourth-order valence-corrected chi connectivity index (χ4v) is 12.9. The van der Waals surface area contributed by atoms with E-state index in [2.05, 4.69) is 58.8 Å². The Balaban J connectivity index is 1.38. The molecular formula is C32H52N2O3. The number of hydrogen-bond acceptors (Lipinski definition) is 5. The van der Waals surface area contributed by atoms with Crippen LogP contribution in [0.2, 0.25) is 0 Å². The molecular weight excluding hydrogens is 460 g/mol. The van der Waals surface area contributed by atoms with Gasteiger partial charge in [-0.1, -0.05) is 51.9 Å². The average Bonchev–Trinajstić information content (AvgIpc) is 2.85. The smallest absolute Gasteiger partial charge is 0.0764 e. The van der Waals surface area contributed by atoms with Crippen molar-refractivity contribution >= 4 is 11.4 Å². The fraction of sp³-hybridized carbons (Fsp3) is 0.938. The maximum atomic E-state index is 9.81. The second-order valence-corrected chi connectivity index (χ2v) is 16.1. The van der Waals surface area contributed by atoms with Crippen LogP contribution in [0.15, 0.2) is 10.3 Å². The Kier molecular flexibility index (Phi) is 5.48. The molecule has 11 atom stereocenters. The molecule has 37 heavy (non-hydrogen) atoms. The number of hydrogen-bond donors (Lipinski definition) is 2. The van der Waals surface area contributed by atoms with Crippen LogP contribution >= 0.6 is 0 Å². The zero-order valence-electron chi connectivity index (χ0n) is 24.7. The van der Waals surface area contributed by atoms with E-state index in [1.54, 1.807) is 0 Å². The van der Waals surface area contributed by atoms with Crippen molar-refractivity contribution in [2.24, 2.45) is 72.9 Å². The van der Waals surface area contributed by atoms with E-state index in [0.29, 0.717) is 34.0 Å². The monoisotopic (exact) mass is 512 g/mol. The normalized spacial score (nSPS) is 57.7. The number of oxime groups is 2. The maximum Gasteiger partial charge on any atom is 0.0764 e. The molecule has 1 unspecified atom stereocenters. The van der Waals surface area contributed by atoms with Gasteiger partial charge in [-0.05, 0) is 123 Å². The topological polar surface area (TPSA) is 74.4 Å². The summed E-state index contributed by atoms with van der Waals surface area (Å²) in [6.45, 7) is 20.4. The SMILES string of the molecule is C/C(=N\O)[C@H]1C[C@]23CC[C@]4(C)[C@H](CC[C@@H]5[C@@]6(C)CC/C(=N/O)C(C)(C)[C@@H]6CC[C@]54C)[C@H]2[C@H](C)C1(C)OC3. The van der Waals surface area contributed by atoms with Crippen molar-refractivity contribution in [2.75, 3.05) is 6.61 Å². The minimum Gasteiger partial charge on any atom is -0.411 e. The van der Waals surface area contributed by atoms with Gasteiger partial charge in [0.15, 0.2) is 0 Å². The maximum absolute atomic E-state index is 9.81. The fourth-order valence-electron chi connectivity index (χ4n) is 12.9. The van der Waals surface area contributed by atoms with Gasteiger partial charge < -0.3 is 15.2 Å². The molecule has 208 valence electrons. The van der Waals surface area contributed by atoms with Gasteiger partial charge in [-0.15, -0.1) is 0 Å². The first kappa shape index (κ1) is 26.1. The van der Waals surface area contributed by atoms with Crippen LogP contribution < -0.4 is 0 Å². The summed E-state index contributed by atoms with van der Waals surface area (Å²) in [5, 5.41) is 27.0. The second kappa shape index (κ2) is 7.76. The Hall–Kier alpha value is -1.10. The molecule has 0 aromatic heterocycles. The summed E-state index contributed by atoms with van der Waals surface area (Å²) in [7, 11) is 0. The van der Waals surface area contributed by atoms with Crippen LogP contribution in [0.3, 0.4) is 0 Å². The van der Waals surface area contributed by atoms with Crippen molar-refractivity contribution in [2.45, 2.75) is 119 Å². The van der Waals surface area contributed by atoms with Crippen LogP contribution in [0.25, 0.3) is 0 Å². The molecule has 0 aromatic carbocycles. The Bertz CT molecular complexity index is 1040. The number of ether oxygens (including phenoxy) is 1. The van der Waals surface area contributed by atoms with Gasteiger partial charge in [0.1, 0.15) is 0 Å². The molecule has 2 aliphatic heterocycles. The molecule has 7 aliphatic rings. The lowest BCUT2D eigenvalue weighted by molar-refractivity contribution is -0.314. The first-order valence-electron chi connectivity index (χ1n) is 15.3. The standard InChI is InChI=1S/C32H52N2O3/c1-19-26-21-9-10-24-28(5)13-12-25(34-36)27(3,4)23(28)11-14-30(24,7)29(21,6)15-16-32(26)17-22(20(2)33-35)31(19,8)37-18-32/h19,21-24,26,35-36H,9-18H2,1-8H3/b33-20+,34-25-/t19-,21+,22+,23-,24+,26+,28-,29+,30+,31?,32-/m0/s1.